The Labute approximate surface area is 210 Å². The van der Waals surface area contributed by atoms with Crippen LogP contribution in [0.15, 0.2) is 72.8 Å². The number of benzene rings is 3. The van der Waals surface area contributed by atoms with E-state index in [-0.39, 0.29) is 31.0 Å². The van der Waals surface area contributed by atoms with Gasteiger partial charge in [0.15, 0.2) is 0 Å². The molecule has 186 valence electrons. The van der Waals surface area contributed by atoms with Crippen LogP contribution in [0.25, 0.3) is 0 Å². The Kier molecular flexibility index (Phi) is 7.53. The second kappa shape index (κ2) is 10.9. The van der Waals surface area contributed by atoms with Crippen LogP contribution in [0.1, 0.15) is 25.0 Å². The normalized spacial score (nSPS) is 12.8. The van der Waals surface area contributed by atoms with Gasteiger partial charge in [-0.15, -0.1) is 0 Å². The number of fused-ring (bicyclic) bond motifs is 1. The lowest BCUT2D eigenvalue weighted by Crippen LogP contribution is -2.51. The molecule has 1 aliphatic rings. The Hall–Kier alpha value is -4.33. The molecule has 8 nitrogen and oxygen atoms in total. The van der Waals surface area contributed by atoms with Gasteiger partial charge in [0.25, 0.3) is 0 Å². The number of hydrogen-bond donors (Lipinski definition) is 2. The van der Waals surface area contributed by atoms with Crippen molar-refractivity contribution in [1.82, 2.24) is 5.32 Å². The van der Waals surface area contributed by atoms with Gasteiger partial charge in [0.2, 0.25) is 11.8 Å². The number of amides is 4. The SMILES string of the molecule is Cc1ccc(NC(=O)N2CC(=O)N(CC(=O)NCc3ccc(OC(C)C)cc3)c3ccccc32)cc1. The number of rotatable bonds is 7. The maximum Gasteiger partial charge on any atom is 0.326 e. The highest BCUT2D eigenvalue weighted by Crippen LogP contribution is 2.33. The highest BCUT2D eigenvalue weighted by atomic mass is 16.5. The van der Waals surface area contributed by atoms with Crippen molar-refractivity contribution < 1.29 is 19.1 Å². The van der Waals surface area contributed by atoms with Crippen LogP contribution in [-0.4, -0.2) is 37.0 Å². The Morgan fingerprint density at radius 1 is 0.944 bits per heavy atom. The van der Waals surface area contributed by atoms with Crippen molar-refractivity contribution >= 4 is 34.9 Å². The predicted octanol–water partition coefficient (Wildman–Crippen LogP) is 4.48. The van der Waals surface area contributed by atoms with Gasteiger partial charge in [-0.3, -0.25) is 19.4 Å². The summed E-state index contributed by atoms with van der Waals surface area (Å²) in [5.41, 5.74) is 3.72. The van der Waals surface area contributed by atoms with E-state index in [1.807, 2.05) is 69.3 Å². The van der Waals surface area contributed by atoms with Crippen LogP contribution in [0, 0.1) is 6.92 Å². The number of hydrogen-bond acceptors (Lipinski definition) is 4. The van der Waals surface area contributed by atoms with E-state index in [1.54, 1.807) is 24.3 Å². The molecular weight excluding hydrogens is 456 g/mol. The summed E-state index contributed by atoms with van der Waals surface area (Å²) in [5, 5.41) is 5.70. The Balaban J connectivity index is 1.41. The number of carbonyl (C=O) groups is 3. The summed E-state index contributed by atoms with van der Waals surface area (Å²) < 4.78 is 5.64. The van der Waals surface area contributed by atoms with Crippen LogP contribution in [0.3, 0.4) is 0 Å². The first-order chi connectivity index (χ1) is 17.3. The summed E-state index contributed by atoms with van der Waals surface area (Å²) in [6, 6.07) is 21.6. The molecule has 3 aromatic carbocycles. The Morgan fingerprint density at radius 2 is 1.61 bits per heavy atom. The fraction of sp³-hybridized carbons (Fsp3) is 0.250. The standard InChI is InChI=1S/C28H30N4O4/c1-19(2)36-23-14-10-21(11-15-23)16-29-26(33)17-31-24-6-4-5-7-25(24)32(18-27(31)34)28(35)30-22-12-8-20(3)9-13-22/h4-15,19H,16-18H2,1-3H3,(H,29,33)(H,30,35). The molecule has 8 heteroatoms. The van der Waals surface area contributed by atoms with Crippen LogP contribution >= 0.6 is 0 Å². The van der Waals surface area contributed by atoms with Crippen molar-refractivity contribution in [2.24, 2.45) is 0 Å². The largest absolute Gasteiger partial charge is 0.491 e. The number of urea groups is 1. The lowest BCUT2D eigenvalue weighted by atomic mass is 10.1. The van der Waals surface area contributed by atoms with E-state index >= 15 is 0 Å². The van der Waals surface area contributed by atoms with Gasteiger partial charge in [0.1, 0.15) is 18.8 Å². The quantitative estimate of drug-likeness (QED) is 0.515. The van der Waals surface area contributed by atoms with E-state index in [9.17, 15) is 14.4 Å². The van der Waals surface area contributed by atoms with Gasteiger partial charge in [0.05, 0.1) is 17.5 Å². The molecular formula is C28H30N4O4. The minimum Gasteiger partial charge on any atom is -0.491 e. The van der Waals surface area contributed by atoms with E-state index in [0.29, 0.717) is 23.6 Å². The smallest absolute Gasteiger partial charge is 0.326 e. The van der Waals surface area contributed by atoms with Crippen molar-refractivity contribution in [3.05, 3.63) is 83.9 Å². The van der Waals surface area contributed by atoms with Gasteiger partial charge >= 0.3 is 6.03 Å². The van der Waals surface area contributed by atoms with Gasteiger partial charge < -0.3 is 15.4 Å². The third-order valence-electron chi connectivity index (χ3n) is 5.69. The molecule has 0 saturated heterocycles. The summed E-state index contributed by atoms with van der Waals surface area (Å²) in [6.45, 7) is 5.91. The molecule has 4 rings (SSSR count). The molecule has 4 amide bonds. The van der Waals surface area contributed by atoms with Gasteiger partial charge in [-0.05, 0) is 62.7 Å². The van der Waals surface area contributed by atoms with Gasteiger partial charge in [0, 0.05) is 12.2 Å². The minimum absolute atomic E-state index is 0.0881. The first kappa shape index (κ1) is 24.8. The molecule has 0 fully saturated rings. The zero-order valence-electron chi connectivity index (χ0n) is 20.7. The maximum atomic E-state index is 13.0. The van der Waals surface area contributed by atoms with E-state index in [4.69, 9.17) is 4.74 Å². The summed E-state index contributed by atoms with van der Waals surface area (Å²) in [6.07, 6.45) is 0.0881. The van der Waals surface area contributed by atoms with Gasteiger partial charge in [-0.1, -0.05) is 42.0 Å². The second-order valence-corrected chi connectivity index (χ2v) is 8.94. The molecule has 0 spiro atoms. The average Bonchev–Trinajstić information content (AvgIpc) is 2.86. The third-order valence-corrected chi connectivity index (χ3v) is 5.69. The number of anilines is 3. The van der Waals surface area contributed by atoms with Crippen LogP contribution in [0.5, 0.6) is 5.75 Å². The number of carbonyl (C=O) groups excluding carboxylic acids is 3. The molecule has 0 aromatic heterocycles. The number of nitrogens with zero attached hydrogens (tertiary/aromatic N) is 2. The topological polar surface area (TPSA) is 91.0 Å². The molecule has 0 bridgehead atoms. The summed E-state index contributed by atoms with van der Waals surface area (Å²) in [4.78, 5) is 41.5. The summed E-state index contributed by atoms with van der Waals surface area (Å²) in [7, 11) is 0. The highest BCUT2D eigenvalue weighted by Gasteiger charge is 2.33. The number of nitrogens with one attached hydrogen (secondary N) is 2. The molecule has 1 aliphatic heterocycles. The zero-order chi connectivity index (χ0) is 25.7. The molecule has 0 aliphatic carbocycles. The number of ether oxygens (including phenoxy) is 1. The van der Waals surface area contributed by atoms with Crippen molar-refractivity contribution in [2.75, 3.05) is 28.2 Å². The highest BCUT2D eigenvalue weighted by molar-refractivity contribution is 6.15. The summed E-state index contributed by atoms with van der Waals surface area (Å²) >= 11 is 0. The van der Waals surface area contributed by atoms with Crippen molar-refractivity contribution in [3.8, 4) is 5.75 Å². The molecule has 1 heterocycles. The second-order valence-electron chi connectivity index (χ2n) is 8.94. The number of aryl methyl sites for hydroxylation is 1. The lowest BCUT2D eigenvalue weighted by Gasteiger charge is -2.35. The average molecular weight is 487 g/mol. The van der Waals surface area contributed by atoms with E-state index in [2.05, 4.69) is 10.6 Å². The van der Waals surface area contributed by atoms with Crippen LogP contribution in [0.4, 0.5) is 21.9 Å². The van der Waals surface area contributed by atoms with Crippen molar-refractivity contribution in [1.29, 1.82) is 0 Å². The maximum absolute atomic E-state index is 13.0. The fourth-order valence-electron chi connectivity index (χ4n) is 3.90. The van der Waals surface area contributed by atoms with Gasteiger partial charge in [-0.25, -0.2) is 4.79 Å². The van der Waals surface area contributed by atoms with Crippen molar-refractivity contribution in [2.45, 2.75) is 33.4 Å². The first-order valence-corrected chi connectivity index (χ1v) is 11.9. The van der Waals surface area contributed by atoms with Crippen LogP contribution in [0.2, 0.25) is 0 Å². The zero-order valence-corrected chi connectivity index (χ0v) is 20.7. The molecule has 3 aromatic rings. The summed E-state index contributed by atoms with van der Waals surface area (Å²) in [5.74, 6) is 0.142. The third kappa shape index (κ3) is 6.02. The fourth-order valence-corrected chi connectivity index (χ4v) is 3.90. The Bertz CT molecular complexity index is 1240. The van der Waals surface area contributed by atoms with Crippen LogP contribution in [-0.2, 0) is 16.1 Å². The van der Waals surface area contributed by atoms with E-state index < -0.39 is 6.03 Å². The Morgan fingerprint density at radius 3 is 2.28 bits per heavy atom. The van der Waals surface area contributed by atoms with Crippen LogP contribution < -0.4 is 25.2 Å². The molecule has 2 N–H and O–H groups in total. The molecule has 0 saturated carbocycles. The molecule has 36 heavy (non-hydrogen) atoms. The minimum atomic E-state index is -0.409. The molecule has 0 unspecified atom stereocenters. The monoisotopic (exact) mass is 486 g/mol. The van der Waals surface area contributed by atoms with E-state index in [1.165, 1.54) is 9.80 Å². The lowest BCUT2D eigenvalue weighted by molar-refractivity contribution is -0.123. The van der Waals surface area contributed by atoms with Gasteiger partial charge in [-0.2, -0.15) is 0 Å². The van der Waals surface area contributed by atoms with E-state index in [0.717, 1.165) is 16.9 Å². The molecule has 0 radical (unpaired) electrons. The number of para-hydroxylation sites is 2. The molecule has 0 atom stereocenters. The van der Waals surface area contributed by atoms with Crippen molar-refractivity contribution in [3.63, 3.8) is 0 Å². The predicted molar refractivity (Wildman–Crippen MR) is 140 cm³/mol. The first-order valence-electron chi connectivity index (χ1n) is 11.9.